The largest absolute Gasteiger partial charge is 0.497 e. The molecule has 5 nitrogen and oxygen atoms in total. The monoisotopic (exact) mass is 330 g/mol. The van der Waals surface area contributed by atoms with Gasteiger partial charge in [-0.2, -0.15) is 0 Å². The number of hydrogen-bond acceptors (Lipinski definition) is 4. The van der Waals surface area contributed by atoms with Gasteiger partial charge in [-0.05, 0) is 68.7 Å². The first-order valence-electron chi connectivity index (χ1n) is 9.02. The third-order valence-corrected chi connectivity index (χ3v) is 5.65. The third kappa shape index (κ3) is 3.36. The summed E-state index contributed by atoms with van der Waals surface area (Å²) in [5.41, 5.74) is 0.960. The fraction of sp³-hybridized carbons (Fsp3) is 0.632. The van der Waals surface area contributed by atoms with Crippen LogP contribution < -0.4 is 20.1 Å². The first kappa shape index (κ1) is 15.8. The number of ether oxygens (including phenoxy) is 2. The van der Waals surface area contributed by atoms with Crippen LogP contribution in [0.15, 0.2) is 18.2 Å². The Morgan fingerprint density at radius 1 is 1.25 bits per heavy atom. The zero-order chi connectivity index (χ0) is 16.6. The Bertz CT molecular complexity index is 621. The summed E-state index contributed by atoms with van der Waals surface area (Å²) >= 11 is 0. The molecule has 1 heterocycles. The minimum Gasteiger partial charge on any atom is -0.497 e. The number of rotatable bonds is 6. The fourth-order valence-electron chi connectivity index (χ4n) is 3.67. The maximum absolute atomic E-state index is 12.7. The van der Waals surface area contributed by atoms with E-state index >= 15 is 0 Å². The summed E-state index contributed by atoms with van der Waals surface area (Å²) < 4.78 is 11.2. The lowest BCUT2D eigenvalue weighted by atomic mass is 9.94. The first-order chi connectivity index (χ1) is 11.7. The standard InChI is InChI=1S/C19H26N2O3/c1-23-15-8-14(9-16(10-15)24-12-13-2-3-13)18(22)21-17-11-19(17)4-6-20-7-5-19/h8-10,13,17,20H,2-7,11-12H2,1H3,(H,21,22). The molecule has 4 rings (SSSR count). The van der Waals surface area contributed by atoms with Crippen LogP contribution in [0.4, 0.5) is 0 Å². The van der Waals surface area contributed by atoms with Gasteiger partial charge in [-0.1, -0.05) is 0 Å². The maximum atomic E-state index is 12.7. The van der Waals surface area contributed by atoms with Gasteiger partial charge in [0.15, 0.2) is 0 Å². The molecule has 0 radical (unpaired) electrons. The van der Waals surface area contributed by atoms with E-state index in [1.54, 1.807) is 13.2 Å². The molecule has 1 saturated heterocycles. The van der Waals surface area contributed by atoms with Crippen LogP contribution in [0, 0.1) is 11.3 Å². The van der Waals surface area contributed by atoms with E-state index in [-0.39, 0.29) is 5.91 Å². The Morgan fingerprint density at radius 3 is 2.71 bits per heavy atom. The second-order valence-electron chi connectivity index (χ2n) is 7.49. The van der Waals surface area contributed by atoms with Gasteiger partial charge in [0, 0.05) is 17.7 Å². The molecule has 1 aliphatic heterocycles. The molecule has 1 spiro atoms. The predicted molar refractivity (Wildman–Crippen MR) is 91.6 cm³/mol. The summed E-state index contributed by atoms with van der Waals surface area (Å²) in [6.45, 7) is 2.85. The van der Waals surface area contributed by atoms with Crippen LogP contribution >= 0.6 is 0 Å². The lowest BCUT2D eigenvalue weighted by molar-refractivity contribution is 0.0941. The second kappa shape index (κ2) is 6.28. The predicted octanol–water partition coefficient (Wildman–Crippen LogP) is 2.36. The molecule has 1 aromatic rings. The highest BCUT2D eigenvalue weighted by atomic mass is 16.5. The Hall–Kier alpha value is -1.75. The van der Waals surface area contributed by atoms with Gasteiger partial charge in [0.05, 0.1) is 13.7 Å². The Kier molecular flexibility index (Phi) is 4.12. The van der Waals surface area contributed by atoms with Gasteiger partial charge in [0.1, 0.15) is 11.5 Å². The maximum Gasteiger partial charge on any atom is 0.251 e. The summed E-state index contributed by atoms with van der Waals surface area (Å²) in [5, 5.41) is 6.60. The van der Waals surface area contributed by atoms with Crippen molar-refractivity contribution in [3.8, 4) is 11.5 Å². The number of methoxy groups -OCH3 is 1. The van der Waals surface area contributed by atoms with Crippen molar-refractivity contribution in [3.05, 3.63) is 23.8 Å². The van der Waals surface area contributed by atoms with Crippen molar-refractivity contribution in [2.24, 2.45) is 11.3 Å². The van der Waals surface area contributed by atoms with Crippen LogP contribution in [0.3, 0.4) is 0 Å². The minimum atomic E-state index is -0.0226. The van der Waals surface area contributed by atoms with Crippen LogP contribution in [0.5, 0.6) is 11.5 Å². The second-order valence-corrected chi connectivity index (χ2v) is 7.49. The molecule has 0 aromatic heterocycles. The van der Waals surface area contributed by atoms with Crippen molar-refractivity contribution < 1.29 is 14.3 Å². The molecule has 0 bridgehead atoms. The number of piperidine rings is 1. The molecule has 1 atom stereocenters. The molecular formula is C19H26N2O3. The summed E-state index contributed by atoms with van der Waals surface area (Å²) in [6.07, 6.45) is 5.92. The number of carbonyl (C=O) groups excluding carboxylic acids is 1. The molecule has 5 heteroatoms. The van der Waals surface area contributed by atoms with Crippen LogP contribution in [0.25, 0.3) is 0 Å². The van der Waals surface area contributed by atoms with Crippen molar-refractivity contribution in [2.75, 3.05) is 26.8 Å². The van der Waals surface area contributed by atoms with Crippen molar-refractivity contribution in [3.63, 3.8) is 0 Å². The molecule has 1 aromatic carbocycles. The fourth-order valence-corrected chi connectivity index (χ4v) is 3.67. The average Bonchev–Trinajstić information content (AvgIpc) is 3.53. The van der Waals surface area contributed by atoms with E-state index in [9.17, 15) is 4.79 Å². The van der Waals surface area contributed by atoms with Crippen molar-refractivity contribution in [1.82, 2.24) is 10.6 Å². The van der Waals surface area contributed by atoms with Crippen LogP contribution in [-0.2, 0) is 0 Å². The molecule has 3 fully saturated rings. The highest BCUT2D eigenvalue weighted by Crippen LogP contribution is 2.52. The highest BCUT2D eigenvalue weighted by Gasteiger charge is 2.54. The van der Waals surface area contributed by atoms with Crippen LogP contribution in [0.1, 0.15) is 42.5 Å². The van der Waals surface area contributed by atoms with E-state index in [1.807, 2.05) is 12.1 Å². The van der Waals surface area contributed by atoms with E-state index in [2.05, 4.69) is 10.6 Å². The van der Waals surface area contributed by atoms with Crippen LogP contribution in [0.2, 0.25) is 0 Å². The average molecular weight is 330 g/mol. The minimum absolute atomic E-state index is 0.0226. The quantitative estimate of drug-likeness (QED) is 0.841. The summed E-state index contributed by atoms with van der Waals surface area (Å²) in [5.74, 6) is 2.05. The van der Waals surface area contributed by atoms with Gasteiger partial charge >= 0.3 is 0 Å². The smallest absolute Gasteiger partial charge is 0.251 e. The van der Waals surface area contributed by atoms with E-state index in [0.717, 1.165) is 44.7 Å². The highest BCUT2D eigenvalue weighted by molar-refractivity contribution is 5.95. The zero-order valence-corrected chi connectivity index (χ0v) is 14.3. The number of nitrogens with one attached hydrogen (secondary N) is 2. The van der Waals surface area contributed by atoms with Gasteiger partial charge in [-0.25, -0.2) is 0 Å². The van der Waals surface area contributed by atoms with Crippen LogP contribution in [-0.4, -0.2) is 38.8 Å². The van der Waals surface area contributed by atoms with E-state index < -0.39 is 0 Å². The van der Waals surface area contributed by atoms with E-state index in [4.69, 9.17) is 9.47 Å². The van der Waals surface area contributed by atoms with Gasteiger partial charge in [0.2, 0.25) is 0 Å². The first-order valence-corrected chi connectivity index (χ1v) is 9.02. The van der Waals surface area contributed by atoms with E-state index in [0.29, 0.717) is 28.7 Å². The van der Waals surface area contributed by atoms with E-state index in [1.165, 1.54) is 12.8 Å². The zero-order valence-electron chi connectivity index (χ0n) is 14.3. The number of carbonyl (C=O) groups is 1. The molecule has 2 saturated carbocycles. The molecule has 2 aliphatic carbocycles. The Balaban J connectivity index is 1.42. The Morgan fingerprint density at radius 2 is 2.00 bits per heavy atom. The molecule has 130 valence electrons. The van der Waals surface area contributed by atoms with Gasteiger partial charge < -0.3 is 20.1 Å². The van der Waals surface area contributed by atoms with Gasteiger partial charge in [0.25, 0.3) is 5.91 Å². The molecule has 2 N–H and O–H groups in total. The lowest BCUT2D eigenvalue weighted by Gasteiger charge is -2.23. The normalized spacial score (nSPS) is 24.5. The van der Waals surface area contributed by atoms with Gasteiger partial charge in [-0.3, -0.25) is 4.79 Å². The number of hydrogen-bond donors (Lipinski definition) is 2. The summed E-state index contributed by atoms with van der Waals surface area (Å²) in [4.78, 5) is 12.7. The molecule has 1 unspecified atom stereocenters. The molecular weight excluding hydrogens is 304 g/mol. The van der Waals surface area contributed by atoms with Crippen molar-refractivity contribution in [2.45, 2.75) is 38.1 Å². The summed E-state index contributed by atoms with van der Waals surface area (Å²) in [6, 6.07) is 5.79. The summed E-state index contributed by atoms with van der Waals surface area (Å²) in [7, 11) is 1.62. The SMILES string of the molecule is COc1cc(OCC2CC2)cc(C(=O)NC2CC23CCNCC3)c1. The molecule has 24 heavy (non-hydrogen) atoms. The number of benzene rings is 1. The molecule has 1 amide bonds. The molecule has 3 aliphatic rings. The van der Waals surface area contributed by atoms with Gasteiger partial charge in [-0.15, -0.1) is 0 Å². The van der Waals surface area contributed by atoms with Crippen molar-refractivity contribution >= 4 is 5.91 Å². The Labute approximate surface area is 143 Å². The topological polar surface area (TPSA) is 59.6 Å². The van der Waals surface area contributed by atoms with Crippen molar-refractivity contribution in [1.29, 1.82) is 0 Å². The number of amides is 1. The third-order valence-electron chi connectivity index (χ3n) is 5.65. The lowest BCUT2D eigenvalue weighted by Crippen LogP contribution is -2.36.